The highest BCUT2D eigenvalue weighted by molar-refractivity contribution is 7.89. The first-order chi connectivity index (χ1) is 13.6. The van der Waals surface area contributed by atoms with Crippen LogP contribution >= 0.6 is 0 Å². The summed E-state index contributed by atoms with van der Waals surface area (Å²) in [6.07, 6.45) is -0.693. The highest BCUT2D eigenvalue weighted by atomic mass is 32.2. The number of amidine groups is 1. The van der Waals surface area contributed by atoms with Crippen molar-refractivity contribution in [3.8, 4) is 11.3 Å². The quantitative estimate of drug-likeness (QED) is 0.779. The van der Waals surface area contributed by atoms with E-state index in [9.17, 15) is 22.3 Å². The molecule has 1 atom stereocenters. The molecule has 0 aliphatic carbocycles. The number of aromatic nitrogens is 1. The molecule has 0 radical (unpaired) electrons. The Balaban J connectivity index is 1.69. The van der Waals surface area contributed by atoms with E-state index in [1.807, 2.05) is 12.1 Å². The van der Waals surface area contributed by atoms with Gasteiger partial charge in [0.25, 0.3) is 5.92 Å². The van der Waals surface area contributed by atoms with E-state index in [2.05, 4.69) is 9.98 Å². The zero-order valence-electron chi connectivity index (χ0n) is 15.6. The zero-order valence-corrected chi connectivity index (χ0v) is 16.5. The van der Waals surface area contributed by atoms with Gasteiger partial charge in [-0.25, -0.2) is 22.2 Å². The number of sulfonamides is 1. The molecule has 0 bridgehead atoms. The average molecular weight is 422 g/mol. The molecule has 1 fully saturated rings. The van der Waals surface area contributed by atoms with Crippen LogP contribution < -0.4 is 5.73 Å². The third-order valence-corrected chi connectivity index (χ3v) is 7.16. The molecule has 2 aliphatic heterocycles. The standard InChI is InChI=1S/C19H20F2N4O3S/c1-11-6-14(29(27,28)25-10-19(20,21)7-13(25)9-26)3-4-15(11)16-5-2-12-8-23-18(22)17(12)24-16/h2-6,13,26H,7-10H2,1H3,(H2,22,23)/t13-/m0/s1. The number of halogens is 2. The molecule has 0 unspecified atom stereocenters. The number of aliphatic hydroxyl groups excluding tert-OH is 1. The highest BCUT2D eigenvalue weighted by Crippen LogP contribution is 2.36. The number of pyridine rings is 1. The van der Waals surface area contributed by atoms with Gasteiger partial charge in [0.1, 0.15) is 11.5 Å². The lowest BCUT2D eigenvalue weighted by atomic mass is 10.0. The summed E-state index contributed by atoms with van der Waals surface area (Å²) in [4.78, 5) is 8.58. The molecule has 0 amide bonds. The van der Waals surface area contributed by atoms with Crippen molar-refractivity contribution in [2.24, 2.45) is 10.7 Å². The van der Waals surface area contributed by atoms with Crippen molar-refractivity contribution in [1.29, 1.82) is 0 Å². The molecular weight excluding hydrogens is 402 g/mol. The normalized spacial score (nSPS) is 21.2. The molecular formula is C19H20F2N4O3S. The van der Waals surface area contributed by atoms with E-state index in [4.69, 9.17) is 5.73 Å². The van der Waals surface area contributed by atoms with E-state index in [1.165, 1.54) is 12.1 Å². The number of rotatable bonds is 4. The van der Waals surface area contributed by atoms with Gasteiger partial charge in [0.15, 0.2) is 0 Å². The second-order valence-electron chi connectivity index (χ2n) is 7.33. The first-order valence-electron chi connectivity index (χ1n) is 9.04. The number of nitrogens with two attached hydrogens (primary N) is 1. The lowest BCUT2D eigenvalue weighted by molar-refractivity contribution is 0.0161. The topological polar surface area (TPSA) is 109 Å². The van der Waals surface area contributed by atoms with E-state index in [1.54, 1.807) is 13.0 Å². The number of hydrogen-bond donors (Lipinski definition) is 2. The van der Waals surface area contributed by atoms with E-state index < -0.39 is 41.6 Å². The number of nitrogens with zero attached hydrogens (tertiary/aromatic N) is 3. The van der Waals surface area contributed by atoms with Gasteiger partial charge in [-0.15, -0.1) is 0 Å². The zero-order chi connectivity index (χ0) is 21.0. The van der Waals surface area contributed by atoms with Gasteiger partial charge in [0.05, 0.1) is 36.3 Å². The molecule has 4 rings (SSSR count). The Morgan fingerprint density at radius 2 is 2.07 bits per heavy atom. The first-order valence-corrected chi connectivity index (χ1v) is 10.5. The van der Waals surface area contributed by atoms with Gasteiger partial charge in [0.2, 0.25) is 10.0 Å². The minimum Gasteiger partial charge on any atom is -0.395 e. The molecule has 3 heterocycles. The van der Waals surface area contributed by atoms with Gasteiger partial charge in [0, 0.05) is 17.5 Å². The van der Waals surface area contributed by atoms with Crippen LogP contribution in [0.2, 0.25) is 0 Å². The Morgan fingerprint density at radius 1 is 1.31 bits per heavy atom. The molecule has 7 nitrogen and oxygen atoms in total. The molecule has 29 heavy (non-hydrogen) atoms. The minimum atomic E-state index is -4.18. The number of hydrogen-bond acceptors (Lipinski definition) is 6. The predicted octanol–water partition coefficient (Wildman–Crippen LogP) is 1.67. The summed E-state index contributed by atoms with van der Waals surface area (Å²) >= 11 is 0. The summed E-state index contributed by atoms with van der Waals surface area (Å²) in [7, 11) is -4.18. The lowest BCUT2D eigenvalue weighted by Crippen LogP contribution is -2.38. The number of aliphatic imine (C=N–C) groups is 1. The second kappa shape index (κ2) is 6.82. The van der Waals surface area contributed by atoms with Crippen LogP contribution in [-0.4, -0.2) is 53.8 Å². The summed E-state index contributed by atoms with van der Waals surface area (Å²) in [5, 5.41) is 9.36. The van der Waals surface area contributed by atoms with E-state index in [-0.39, 0.29) is 4.90 Å². The number of alkyl halides is 2. The maximum atomic E-state index is 13.7. The van der Waals surface area contributed by atoms with Gasteiger partial charge < -0.3 is 10.8 Å². The van der Waals surface area contributed by atoms with Crippen LogP contribution in [0, 0.1) is 6.92 Å². The lowest BCUT2D eigenvalue weighted by Gasteiger charge is -2.22. The Bertz CT molecular complexity index is 1120. The molecule has 0 saturated carbocycles. The SMILES string of the molecule is Cc1cc(S(=O)(=O)N2CC(F)(F)C[C@H]2CO)ccc1-c1ccc2c(n1)C(N)=NC2. The molecule has 154 valence electrons. The third-order valence-electron chi connectivity index (χ3n) is 5.26. The Labute approximate surface area is 166 Å². The summed E-state index contributed by atoms with van der Waals surface area (Å²) in [6.45, 7) is 0.611. The number of aryl methyl sites for hydroxylation is 1. The van der Waals surface area contributed by atoms with Gasteiger partial charge in [-0.05, 0) is 30.7 Å². The molecule has 1 aromatic heterocycles. The third kappa shape index (κ3) is 3.41. The van der Waals surface area contributed by atoms with Crippen LogP contribution in [0.4, 0.5) is 8.78 Å². The van der Waals surface area contributed by atoms with E-state index in [0.717, 1.165) is 5.56 Å². The van der Waals surface area contributed by atoms with E-state index in [0.29, 0.717) is 39.2 Å². The molecule has 2 aromatic rings. The van der Waals surface area contributed by atoms with Crippen LogP contribution in [0.15, 0.2) is 40.2 Å². The second-order valence-corrected chi connectivity index (χ2v) is 9.22. The van der Waals surface area contributed by atoms with Gasteiger partial charge >= 0.3 is 0 Å². The van der Waals surface area contributed by atoms with Crippen LogP contribution in [-0.2, 0) is 16.6 Å². The van der Waals surface area contributed by atoms with E-state index >= 15 is 0 Å². The molecule has 3 N–H and O–H groups in total. The Hall–Kier alpha value is -2.43. The molecule has 0 spiro atoms. The van der Waals surface area contributed by atoms with Crippen LogP contribution in [0.5, 0.6) is 0 Å². The van der Waals surface area contributed by atoms with Crippen LogP contribution in [0.25, 0.3) is 11.3 Å². The Kier molecular flexibility index (Phi) is 4.67. The summed E-state index contributed by atoms with van der Waals surface area (Å²) in [5.74, 6) is -2.80. The van der Waals surface area contributed by atoms with Crippen molar-refractivity contribution in [2.75, 3.05) is 13.2 Å². The molecule has 1 saturated heterocycles. The van der Waals surface area contributed by atoms with Crippen molar-refractivity contribution >= 4 is 15.9 Å². The molecule has 2 aliphatic rings. The van der Waals surface area contributed by atoms with Crippen molar-refractivity contribution in [1.82, 2.24) is 9.29 Å². The summed E-state index contributed by atoms with van der Waals surface area (Å²) in [6, 6.07) is 6.95. The van der Waals surface area contributed by atoms with Crippen molar-refractivity contribution in [3.63, 3.8) is 0 Å². The fraction of sp³-hybridized carbons (Fsp3) is 0.368. The van der Waals surface area contributed by atoms with Gasteiger partial charge in [-0.2, -0.15) is 4.31 Å². The smallest absolute Gasteiger partial charge is 0.263 e. The van der Waals surface area contributed by atoms with Crippen LogP contribution in [0.3, 0.4) is 0 Å². The number of aliphatic hydroxyl groups is 1. The highest BCUT2D eigenvalue weighted by Gasteiger charge is 2.49. The fourth-order valence-corrected chi connectivity index (χ4v) is 5.49. The molecule has 10 heteroatoms. The summed E-state index contributed by atoms with van der Waals surface area (Å²) in [5.41, 5.74) is 9.34. The van der Waals surface area contributed by atoms with Crippen LogP contribution in [0.1, 0.15) is 23.2 Å². The summed E-state index contributed by atoms with van der Waals surface area (Å²) < 4.78 is 54.0. The predicted molar refractivity (Wildman–Crippen MR) is 103 cm³/mol. The van der Waals surface area contributed by atoms with Crippen molar-refractivity contribution in [3.05, 3.63) is 47.2 Å². The van der Waals surface area contributed by atoms with Gasteiger partial charge in [-0.1, -0.05) is 12.1 Å². The number of fused-ring (bicyclic) bond motifs is 1. The molecule has 1 aromatic carbocycles. The maximum Gasteiger partial charge on any atom is 0.263 e. The fourth-order valence-electron chi connectivity index (χ4n) is 3.76. The van der Waals surface area contributed by atoms with Crippen molar-refractivity contribution < 1.29 is 22.3 Å². The first kappa shape index (κ1) is 19.9. The monoisotopic (exact) mass is 422 g/mol. The average Bonchev–Trinajstić information content (AvgIpc) is 3.20. The van der Waals surface area contributed by atoms with Gasteiger partial charge in [-0.3, -0.25) is 4.99 Å². The maximum absolute atomic E-state index is 13.7. The number of benzene rings is 1. The minimum absolute atomic E-state index is 0.0999. The Morgan fingerprint density at radius 3 is 2.76 bits per heavy atom. The largest absolute Gasteiger partial charge is 0.395 e. The van der Waals surface area contributed by atoms with Crippen molar-refractivity contribution in [2.45, 2.75) is 36.7 Å².